The van der Waals surface area contributed by atoms with Gasteiger partial charge in [0, 0.05) is 17.8 Å². The van der Waals surface area contributed by atoms with Crippen LogP contribution >= 0.6 is 0 Å². The van der Waals surface area contributed by atoms with Crippen molar-refractivity contribution in [3.63, 3.8) is 0 Å². The van der Waals surface area contributed by atoms with Crippen LogP contribution in [-0.4, -0.2) is 30.2 Å². The first-order valence-electron chi connectivity index (χ1n) is 8.76. The molecule has 0 saturated heterocycles. The number of aryl methyl sites for hydroxylation is 1. The largest absolute Gasteiger partial charge is 0.452 e. The summed E-state index contributed by atoms with van der Waals surface area (Å²) in [5, 5.41) is 3.93. The van der Waals surface area contributed by atoms with E-state index in [0.29, 0.717) is 29.2 Å². The highest BCUT2D eigenvalue weighted by Crippen LogP contribution is 2.25. The number of hydrogen-bond acceptors (Lipinski definition) is 5. The fourth-order valence-corrected chi connectivity index (χ4v) is 2.81. The molecule has 0 aliphatic heterocycles. The van der Waals surface area contributed by atoms with Gasteiger partial charge in [-0.15, -0.1) is 0 Å². The maximum atomic E-state index is 13.1. The zero-order chi connectivity index (χ0) is 20.1. The lowest BCUT2D eigenvalue weighted by molar-refractivity contribution is -0.121. The predicted molar refractivity (Wildman–Crippen MR) is 101 cm³/mol. The quantitative estimate of drug-likeness (QED) is 0.603. The number of hydrogen-bond donors (Lipinski definition) is 0. The molecule has 0 atom stereocenters. The number of halogens is 1. The normalized spacial score (nSPS) is 10.5. The average Bonchev–Trinajstić information content (AvgIpc) is 3.10. The Bertz CT molecular complexity index is 968. The van der Waals surface area contributed by atoms with Gasteiger partial charge < -0.3 is 14.2 Å². The van der Waals surface area contributed by atoms with Gasteiger partial charge in [0.15, 0.2) is 6.61 Å². The number of rotatable bonds is 6. The fraction of sp³-hybridized carbons (Fsp3) is 0.190. The molecular weight excluding hydrogens is 363 g/mol. The second kappa shape index (κ2) is 8.47. The van der Waals surface area contributed by atoms with Crippen molar-refractivity contribution in [2.75, 3.05) is 18.1 Å². The second-order valence-electron chi connectivity index (χ2n) is 6.02. The molecule has 0 N–H and O–H groups in total. The highest BCUT2D eigenvalue weighted by atomic mass is 19.1. The zero-order valence-corrected chi connectivity index (χ0v) is 15.5. The Labute approximate surface area is 161 Å². The molecule has 7 heteroatoms. The third-order valence-corrected chi connectivity index (χ3v) is 4.20. The predicted octanol–water partition coefficient (Wildman–Crippen LogP) is 4.00. The van der Waals surface area contributed by atoms with Crippen LogP contribution in [0.2, 0.25) is 0 Å². The molecule has 28 heavy (non-hydrogen) atoms. The zero-order valence-electron chi connectivity index (χ0n) is 15.5. The third-order valence-electron chi connectivity index (χ3n) is 4.20. The Morgan fingerprint density at radius 2 is 1.79 bits per heavy atom. The maximum absolute atomic E-state index is 13.1. The highest BCUT2D eigenvalue weighted by molar-refractivity contribution is 6.00. The molecule has 0 spiro atoms. The number of carbonyl (C=O) groups excluding carboxylic acids is 2. The van der Waals surface area contributed by atoms with Gasteiger partial charge in [-0.05, 0) is 38.1 Å². The van der Waals surface area contributed by atoms with E-state index >= 15 is 0 Å². The lowest BCUT2D eigenvalue weighted by atomic mass is 10.1. The van der Waals surface area contributed by atoms with Crippen LogP contribution in [-0.2, 0) is 9.53 Å². The van der Waals surface area contributed by atoms with Crippen molar-refractivity contribution in [2.24, 2.45) is 0 Å². The van der Waals surface area contributed by atoms with E-state index in [-0.39, 0.29) is 5.56 Å². The summed E-state index contributed by atoms with van der Waals surface area (Å²) < 4.78 is 23.5. The molecule has 0 aliphatic rings. The van der Waals surface area contributed by atoms with E-state index in [2.05, 4.69) is 5.16 Å². The second-order valence-corrected chi connectivity index (χ2v) is 6.02. The molecule has 0 unspecified atom stereocenters. The number of anilines is 1. The molecular formula is C21H19FN2O4. The van der Waals surface area contributed by atoms with Gasteiger partial charge >= 0.3 is 5.97 Å². The smallest absolute Gasteiger partial charge is 0.344 e. The molecule has 2 aromatic carbocycles. The van der Waals surface area contributed by atoms with Gasteiger partial charge in [-0.3, -0.25) is 4.79 Å². The van der Waals surface area contributed by atoms with E-state index in [4.69, 9.17) is 9.26 Å². The van der Waals surface area contributed by atoms with Crippen LogP contribution in [0.5, 0.6) is 0 Å². The van der Waals surface area contributed by atoms with E-state index in [0.717, 1.165) is 0 Å². The van der Waals surface area contributed by atoms with Crippen LogP contribution in [0, 0.1) is 12.7 Å². The van der Waals surface area contributed by atoms with Crippen LogP contribution in [0.15, 0.2) is 59.1 Å². The van der Waals surface area contributed by atoms with Crippen molar-refractivity contribution in [1.29, 1.82) is 0 Å². The molecule has 0 radical (unpaired) electrons. The van der Waals surface area contributed by atoms with Crippen molar-refractivity contribution in [1.82, 2.24) is 5.16 Å². The highest BCUT2D eigenvalue weighted by Gasteiger charge is 2.24. The molecule has 0 aliphatic carbocycles. The number of nitrogens with zero attached hydrogens (tertiary/aromatic N) is 2. The summed E-state index contributed by atoms with van der Waals surface area (Å²) in [6.07, 6.45) is 0. The molecule has 3 rings (SSSR count). The molecule has 144 valence electrons. The summed E-state index contributed by atoms with van der Waals surface area (Å²) in [7, 11) is 0. The molecule has 1 heterocycles. The monoisotopic (exact) mass is 382 g/mol. The SMILES string of the molecule is CCN(C(=O)COC(=O)c1c(-c2ccccc2)noc1C)c1ccc(F)cc1. The van der Waals surface area contributed by atoms with E-state index in [9.17, 15) is 14.0 Å². The van der Waals surface area contributed by atoms with Crippen molar-refractivity contribution >= 4 is 17.6 Å². The van der Waals surface area contributed by atoms with Crippen molar-refractivity contribution in [2.45, 2.75) is 13.8 Å². The molecule has 6 nitrogen and oxygen atoms in total. The number of benzene rings is 2. The van der Waals surface area contributed by atoms with Crippen LogP contribution in [0.1, 0.15) is 23.0 Å². The summed E-state index contributed by atoms with van der Waals surface area (Å²) >= 11 is 0. The lowest BCUT2D eigenvalue weighted by Gasteiger charge is -2.20. The van der Waals surface area contributed by atoms with Crippen LogP contribution in [0.25, 0.3) is 11.3 Å². The Morgan fingerprint density at radius 1 is 1.11 bits per heavy atom. The summed E-state index contributed by atoms with van der Waals surface area (Å²) in [6.45, 7) is 3.28. The van der Waals surface area contributed by atoms with Gasteiger partial charge in [-0.2, -0.15) is 0 Å². The topological polar surface area (TPSA) is 72.6 Å². The number of likely N-dealkylation sites (N-methyl/N-ethyl adjacent to an activating group) is 1. The van der Waals surface area contributed by atoms with Crippen molar-refractivity contribution < 1.29 is 23.2 Å². The van der Waals surface area contributed by atoms with Gasteiger partial charge in [0.05, 0.1) is 0 Å². The first kappa shape index (κ1) is 19.3. The summed E-state index contributed by atoms with van der Waals surface area (Å²) in [4.78, 5) is 26.5. The van der Waals surface area contributed by atoms with Crippen LogP contribution in [0.3, 0.4) is 0 Å². The molecule has 3 aromatic rings. The minimum absolute atomic E-state index is 0.184. The van der Waals surface area contributed by atoms with Gasteiger partial charge in [-0.1, -0.05) is 35.5 Å². The molecule has 1 amide bonds. The molecule has 0 fully saturated rings. The average molecular weight is 382 g/mol. The molecule has 0 saturated carbocycles. The van der Waals surface area contributed by atoms with E-state index < -0.39 is 24.3 Å². The first-order chi connectivity index (χ1) is 13.5. The molecule has 0 bridgehead atoms. The van der Waals surface area contributed by atoms with Crippen molar-refractivity contribution in [3.05, 3.63) is 71.7 Å². The first-order valence-corrected chi connectivity index (χ1v) is 8.76. The summed E-state index contributed by atoms with van der Waals surface area (Å²) in [6, 6.07) is 14.6. The fourth-order valence-electron chi connectivity index (χ4n) is 2.81. The van der Waals surface area contributed by atoms with Gasteiger partial charge in [-0.25, -0.2) is 9.18 Å². The van der Waals surface area contributed by atoms with E-state index in [1.54, 1.807) is 26.0 Å². The number of aromatic nitrogens is 1. The van der Waals surface area contributed by atoms with Gasteiger partial charge in [0.25, 0.3) is 5.91 Å². The maximum Gasteiger partial charge on any atom is 0.344 e. The van der Waals surface area contributed by atoms with Gasteiger partial charge in [0.1, 0.15) is 22.8 Å². The third kappa shape index (κ3) is 4.09. The molecule has 1 aromatic heterocycles. The Kier molecular flexibility index (Phi) is 5.84. The van der Waals surface area contributed by atoms with Gasteiger partial charge in [0.2, 0.25) is 0 Å². The lowest BCUT2D eigenvalue weighted by Crippen LogP contribution is -2.34. The Morgan fingerprint density at radius 3 is 2.43 bits per heavy atom. The number of esters is 1. The standard InChI is InChI=1S/C21H19FN2O4/c1-3-24(17-11-9-16(22)10-12-17)18(25)13-27-21(26)19-14(2)28-23-20(19)15-7-5-4-6-8-15/h4-12H,3,13H2,1-2H3. The summed E-state index contributed by atoms with van der Waals surface area (Å²) in [5.74, 6) is -1.20. The van der Waals surface area contributed by atoms with Crippen molar-refractivity contribution in [3.8, 4) is 11.3 Å². The minimum Gasteiger partial charge on any atom is -0.452 e. The van der Waals surface area contributed by atoms with Crippen LogP contribution < -0.4 is 4.90 Å². The van der Waals surface area contributed by atoms with E-state index in [1.165, 1.54) is 29.2 Å². The Hall–Kier alpha value is -3.48. The number of carbonyl (C=O) groups is 2. The number of ether oxygens (including phenoxy) is 1. The number of amides is 1. The minimum atomic E-state index is -0.693. The van der Waals surface area contributed by atoms with Crippen LogP contribution in [0.4, 0.5) is 10.1 Å². The van der Waals surface area contributed by atoms with E-state index in [1.807, 2.05) is 18.2 Å². The summed E-state index contributed by atoms with van der Waals surface area (Å²) in [5.41, 5.74) is 1.78. The Balaban J connectivity index is 1.73.